The molecule has 0 radical (unpaired) electrons. The minimum Gasteiger partial charge on any atom is -0.481 e. The predicted octanol–water partition coefficient (Wildman–Crippen LogP) is 2.63. The lowest BCUT2D eigenvalue weighted by Crippen LogP contribution is -2.35. The molecule has 0 aliphatic carbocycles. The van der Waals surface area contributed by atoms with Crippen LogP contribution in [0.5, 0.6) is 0 Å². The van der Waals surface area contributed by atoms with Gasteiger partial charge in [0.05, 0.1) is 12.7 Å². The molecular weight excluding hydrogens is 250 g/mol. The summed E-state index contributed by atoms with van der Waals surface area (Å²) in [5.74, 6) is -0.638. The van der Waals surface area contributed by atoms with Crippen molar-refractivity contribution in [1.29, 1.82) is 0 Å². The summed E-state index contributed by atoms with van der Waals surface area (Å²) >= 11 is 0. The quantitative estimate of drug-likeness (QED) is 0.877. The molecule has 0 aromatic carbocycles. The van der Waals surface area contributed by atoms with E-state index in [1.165, 1.54) is 6.26 Å². The molecule has 1 aromatic heterocycles. The number of ether oxygens (including phenoxy) is 1. The van der Waals surface area contributed by atoms with Gasteiger partial charge in [0.2, 0.25) is 0 Å². The first-order valence-electron chi connectivity index (χ1n) is 5.94. The number of carboxylic acids is 1. The van der Waals surface area contributed by atoms with Crippen LogP contribution in [0.2, 0.25) is 0 Å². The van der Waals surface area contributed by atoms with Gasteiger partial charge < -0.3 is 19.6 Å². The molecule has 1 aromatic rings. The normalized spacial score (nSPS) is 12.8. The van der Waals surface area contributed by atoms with Gasteiger partial charge in [-0.15, -0.1) is 0 Å². The summed E-state index contributed by atoms with van der Waals surface area (Å²) in [7, 11) is 0. The summed E-state index contributed by atoms with van der Waals surface area (Å²) in [4.78, 5) is 22.5. The SMILES string of the molecule is Cc1coc([C@@H](CC(=O)O)NC(=O)OC(C)(C)C)c1. The molecule has 1 atom stereocenters. The summed E-state index contributed by atoms with van der Waals surface area (Å²) in [6.45, 7) is 7.01. The van der Waals surface area contributed by atoms with Gasteiger partial charge in [-0.2, -0.15) is 0 Å². The number of furan rings is 1. The van der Waals surface area contributed by atoms with Crippen LogP contribution < -0.4 is 5.32 Å². The molecule has 0 fully saturated rings. The van der Waals surface area contributed by atoms with Crippen LogP contribution in [0.3, 0.4) is 0 Å². The minimum atomic E-state index is -1.03. The van der Waals surface area contributed by atoms with Gasteiger partial charge in [0.15, 0.2) is 0 Å². The zero-order chi connectivity index (χ0) is 14.6. The van der Waals surface area contributed by atoms with Gasteiger partial charge in [0, 0.05) is 0 Å². The summed E-state index contributed by atoms with van der Waals surface area (Å²) in [6.07, 6.45) is 0.556. The van der Waals surface area contributed by atoms with Gasteiger partial charge in [-0.1, -0.05) is 0 Å². The van der Waals surface area contributed by atoms with E-state index in [0.717, 1.165) is 5.56 Å². The highest BCUT2D eigenvalue weighted by molar-refractivity contribution is 5.71. The van der Waals surface area contributed by atoms with E-state index in [9.17, 15) is 9.59 Å². The molecule has 1 rings (SSSR count). The lowest BCUT2D eigenvalue weighted by Gasteiger charge is -2.22. The number of alkyl carbamates (subject to hydrolysis) is 1. The molecule has 0 unspecified atom stereocenters. The Hall–Kier alpha value is -1.98. The third kappa shape index (κ3) is 5.46. The van der Waals surface area contributed by atoms with Crippen LogP contribution in [0.1, 0.15) is 44.6 Å². The summed E-state index contributed by atoms with van der Waals surface area (Å²) in [6, 6.07) is 0.936. The van der Waals surface area contributed by atoms with E-state index in [2.05, 4.69) is 5.32 Å². The van der Waals surface area contributed by atoms with E-state index in [4.69, 9.17) is 14.3 Å². The molecule has 1 amide bonds. The van der Waals surface area contributed by atoms with E-state index in [0.29, 0.717) is 5.76 Å². The predicted molar refractivity (Wildman–Crippen MR) is 67.8 cm³/mol. The number of amides is 1. The van der Waals surface area contributed by atoms with Gasteiger partial charge in [-0.05, 0) is 39.3 Å². The van der Waals surface area contributed by atoms with E-state index >= 15 is 0 Å². The van der Waals surface area contributed by atoms with Gasteiger partial charge >= 0.3 is 12.1 Å². The number of carboxylic acid groups (broad SMARTS) is 1. The Kier molecular flexibility index (Phi) is 4.58. The van der Waals surface area contributed by atoms with Crippen LogP contribution in [-0.4, -0.2) is 22.8 Å². The minimum absolute atomic E-state index is 0.272. The highest BCUT2D eigenvalue weighted by Gasteiger charge is 2.24. The van der Waals surface area contributed by atoms with Gasteiger partial charge in [0.1, 0.15) is 17.4 Å². The molecule has 0 saturated heterocycles. The molecule has 0 bridgehead atoms. The van der Waals surface area contributed by atoms with Crippen molar-refractivity contribution < 1.29 is 23.8 Å². The highest BCUT2D eigenvalue weighted by Crippen LogP contribution is 2.20. The molecule has 1 heterocycles. The standard InChI is InChI=1S/C13H19NO5/c1-8-5-10(18-7-8)9(6-11(15)16)14-12(17)19-13(2,3)4/h5,7,9H,6H2,1-4H3,(H,14,17)(H,15,16)/t9-/m1/s1. The Labute approximate surface area is 111 Å². The van der Waals surface area contributed by atoms with Gasteiger partial charge in [-0.25, -0.2) is 4.79 Å². The van der Waals surface area contributed by atoms with E-state index < -0.39 is 23.7 Å². The highest BCUT2D eigenvalue weighted by atomic mass is 16.6. The zero-order valence-corrected chi connectivity index (χ0v) is 11.5. The second kappa shape index (κ2) is 5.77. The van der Waals surface area contributed by atoms with Crippen molar-refractivity contribution in [3.63, 3.8) is 0 Å². The average Bonchev–Trinajstić information content (AvgIpc) is 2.60. The maximum atomic E-state index is 11.7. The van der Waals surface area contributed by atoms with Crippen molar-refractivity contribution in [2.45, 2.75) is 45.8 Å². The summed E-state index contributed by atoms with van der Waals surface area (Å²) < 4.78 is 10.3. The number of carbonyl (C=O) groups excluding carboxylic acids is 1. The van der Waals surface area contributed by atoms with Crippen molar-refractivity contribution in [2.24, 2.45) is 0 Å². The lowest BCUT2D eigenvalue weighted by molar-refractivity contribution is -0.137. The maximum absolute atomic E-state index is 11.7. The number of aryl methyl sites for hydroxylation is 1. The number of carbonyl (C=O) groups is 2. The maximum Gasteiger partial charge on any atom is 0.408 e. The number of aliphatic carboxylic acids is 1. The van der Waals surface area contributed by atoms with Crippen LogP contribution in [0.4, 0.5) is 4.79 Å². The lowest BCUT2D eigenvalue weighted by atomic mass is 10.1. The fourth-order valence-electron chi connectivity index (χ4n) is 1.48. The fourth-order valence-corrected chi connectivity index (χ4v) is 1.48. The number of hydrogen-bond donors (Lipinski definition) is 2. The fraction of sp³-hybridized carbons (Fsp3) is 0.538. The van der Waals surface area contributed by atoms with Crippen LogP contribution in [-0.2, 0) is 9.53 Å². The van der Waals surface area contributed by atoms with Crippen LogP contribution in [0.25, 0.3) is 0 Å². The molecule has 106 valence electrons. The van der Waals surface area contributed by atoms with Crippen molar-refractivity contribution in [3.8, 4) is 0 Å². The molecule has 19 heavy (non-hydrogen) atoms. The largest absolute Gasteiger partial charge is 0.481 e. The van der Waals surface area contributed by atoms with Crippen molar-refractivity contribution in [1.82, 2.24) is 5.32 Å². The summed E-state index contributed by atoms with van der Waals surface area (Å²) in [5.41, 5.74) is 0.216. The smallest absolute Gasteiger partial charge is 0.408 e. The molecule has 0 spiro atoms. The van der Waals surface area contributed by atoms with Gasteiger partial charge in [-0.3, -0.25) is 4.79 Å². The molecule has 2 N–H and O–H groups in total. The molecule has 6 nitrogen and oxygen atoms in total. The number of nitrogens with one attached hydrogen (secondary N) is 1. The number of hydrogen-bond acceptors (Lipinski definition) is 4. The first-order valence-corrected chi connectivity index (χ1v) is 5.94. The Morgan fingerprint density at radius 1 is 1.47 bits per heavy atom. The number of rotatable bonds is 4. The van der Waals surface area contributed by atoms with Crippen LogP contribution in [0, 0.1) is 6.92 Å². The average molecular weight is 269 g/mol. The van der Waals surface area contributed by atoms with E-state index in [1.807, 2.05) is 6.92 Å². The van der Waals surface area contributed by atoms with Crippen molar-refractivity contribution in [3.05, 3.63) is 23.7 Å². The second-order valence-corrected chi connectivity index (χ2v) is 5.32. The summed E-state index contributed by atoms with van der Waals surface area (Å²) in [5, 5.41) is 11.4. The second-order valence-electron chi connectivity index (χ2n) is 5.32. The Balaban J connectivity index is 2.76. The third-order valence-electron chi connectivity index (χ3n) is 2.16. The van der Waals surface area contributed by atoms with Crippen molar-refractivity contribution >= 4 is 12.1 Å². The Bertz CT molecular complexity index is 458. The zero-order valence-electron chi connectivity index (χ0n) is 11.5. The van der Waals surface area contributed by atoms with Crippen molar-refractivity contribution in [2.75, 3.05) is 0 Å². The van der Waals surface area contributed by atoms with Crippen LogP contribution >= 0.6 is 0 Å². The molecule has 0 aliphatic rings. The first-order chi connectivity index (χ1) is 8.67. The topological polar surface area (TPSA) is 88.8 Å². The van der Waals surface area contributed by atoms with E-state index in [1.54, 1.807) is 26.8 Å². The Morgan fingerprint density at radius 3 is 2.53 bits per heavy atom. The first kappa shape index (κ1) is 15.1. The third-order valence-corrected chi connectivity index (χ3v) is 2.16. The molecular formula is C13H19NO5. The van der Waals surface area contributed by atoms with E-state index in [-0.39, 0.29) is 6.42 Å². The molecule has 0 aliphatic heterocycles. The monoisotopic (exact) mass is 269 g/mol. The van der Waals surface area contributed by atoms with Gasteiger partial charge in [0.25, 0.3) is 0 Å². The Morgan fingerprint density at radius 2 is 2.11 bits per heavy atom. The molecule has 6 heteroatoms. The molecule has 0 saturated carbocycles. The van der Waals surface area contributed by atoms with Crippen LogP contribution in [0.15, 0.2) is 16.7 Å².